The molecular weight excluding hydrogens is 410 g/mol. The Morgan fingerprint density at radius 3 is 2.75 bits per heavy atom. The number of carbonyl (C=O) groups is 1. The Kier molecular flexibility index (Phi) is 4.93. The van der Waals surface area contributed by atoms with Crippen molar-refractivity contribution in [3.8, 4) is 17.2 Å². The lowest BCUT2D eigenvalue weighted by molar-refractivity contribution is -0.120. The molecule has 2 aromatic rings. The number of amides is 1. The zero-order valence-electron chi connectivity index (χ0n) is 18.1. The number of likely N-dealkylation sites (N-methyl/N-ethyl adjacent to an activating group) is 1. The van der Waals surface area contributed by atoms with Gasteiger partial charge in [0.05, 0.1) is 32.1 Å². The topological polar surface area (TPSA) is 88.0 Å². The van der Waals surface area contributed by atoms with Crippen molar-refractivity contribution in [2.24, 2.45) is 9.98 Å². The van der Waals surface area contributed by atoms with E-state index in [0.717, 1.165) is 35.0 Å². The number of anilines is 2. The van der Waals surface area contributed by atoms with E-state index in [1.807, 2.05) is 42.6 Å². The van der Waals surface area contributed by atoms with Crippen LogP contribution in [0.5, 0.6) is 17.2 Å². The Labute approximate surface area is 185 Å². The summed E-state index contributed by atoms with van der Waals surface area (Å²) in [6.45, 7) is 1.52. The van der Waals surface area contributed by atoms with Crippen molar-refractivity contribution in [2.45, 2.75) is 0 Å². The molecule has 0 atom stereocenters. The van der Waals surface area contributed by atoms with Crippen molar-refractivity contribution in [3.63, 3.8) is 0 Å². The number of carbonyl (C=O) groups excluding carboxylic acids is 1. The van der Waals surface area contributed by atoms with Crippen LogP contribution in [0.3, 0.4) is 0 Å². The summed E-state index contributed by atoms with van der Waals surface area (Å²) in [4.78, 5) is 25.2. The Bertz CT molecular complexity index is 1190. The van der Waals surface area contributed by atoms with Gasteiger partial charge in [0.2, 0.25) is 0 Å². The quantitative estimate of drug-likeness (QED) is 0.798. The van der Waals surface area contributed by atoms with Crippen LogP contribution in [0.1, 0.15) is 5.56 Å². The maximum Gasteiger partial charge on any atom is 0.264 e. The number of hydrogen-bond acceptors (Lipinski definition) is 8. The van der Waals surface area contributed by atoms with Crippen LogP contribution >= 0.6 is 0 Å². The molecule has 0 unspecified atom stereocenters. The summed E-state index contributed by atoms with van der Waals surface area (Å²) in [5.41, 5.74) is 3.18. The third-order valence-electron chi connectivity index (χ3n) is 5.58. The first-order valence-electron chi connectivity index (χ1n) is 10.2. The number of benzene rings is 2. The molecular formula is C23H23N5O4. The molecule has 3 heterocycles. The summed E-state index contributed by atoms with van der Waals surface area (Å²) in [7, 11) is 4.96. The second kappa shape index (κ2) is 7.92. The van der Waals surface area contributed by atoms with Gasteiger partial charge in [0.1, 0.15) is 5.75 Å². The van der Waals surface area contributed by atoms with Gasteiger partial charge in [0, 0.05) is 37.1 Å². The van der Waals surface area contributed by atoms with Crippen molar-refractivity contribution in [1.29, 1.82) is 0 Å². The van der Waals surface area contributed by atoms with Crippen LogP contribution in [-0.4, -0.2) is 63.4 Å². The van der Waals surface area contributed by atoms with Gasteiger partial charge in [0.15, 0.2) is 29.8 Å². The lowest BCUT2D eigenvalue weighted by atomic mass is 10.1. The number of ether oxygens (including phenoxy) is 3. The number of aliphatic imine (C=N–C) groups is 2. The van der Waals surface area contributed by atoms with Gasteiger partial charge in [-0.2, -0.15) is 0 Å². The Morgan fingerprint density at radius 2 is 1.94 bits per heavy atom. The van der Waals surface area contributed by atoms with Crippen LogP contribution in [0.2, 0.25) is 0 Å². The molecule has 1 N–H and O–H groups in total. The summed E-state index contributed by atoms with van der Waals surface area (Å²) in [5, 5.41) is 3.37. The van der Waals surface area contributed by atoms with Crippen LogP contribution in [0.25, 0.3) is 5.70 Å². The van der Waals surface area contributed by atoms with E-state index in [9.17, 15) is 4.79 Å². The summed E-state index contributed by atoms with van der Waals surface area (Å²) >= 11 is 0. The normalized spacial score (nSPS) is 17.0. The summed E-state index contributed by atoms with van der Waals surface area (Å²) in [6.07, 6.45) is 1.98. The monoisotopic (exact) mass is 433 g/mol. The molecule has 0 radical (unpaired) electrons. The third-order valence-corrected chi connectivity index (χ3v) is 5.58. The molecule has 3 aliphatic heterocycles. The molecule has 0 aromatic heterocycles. The molecule has 0 saturated carbocycles. The van der Waals surface area contributed by atoms with Crippen molar-refractivity contribution >= 4 is 34.7 Å². The van der Waals surface area contributed by atoms with Gasteiger partial charge in [-0.15, -0.1) is 0 Å². The minimum atomic E-state index is -0.0828. The lowest BCUT2D eigenvalue weighted by Gasteiger charge is -2.27. The van der Waals surface area contributed by atoms with Gasteiger partial charge in [-0.05, 0) is 30.3 Å². The highest BCUT2D eigenvalue weighted by atomic mass is 16.5. The Balaban J connectivity index is 1.50. The second-order valence-corrected chi connectivity index (χ2v) is 7.49. The second-order valence-electron chi connectivity index (χ2n) is 7.49. The molecule has 2 aromatic carbocycles. The highest BCUT2D eigenvalue weighted by Gasteiger charge is 2.28. The van der Waals surface area contributed by atoms with Crippen LogP contribution in [-0.2, 0) is 4.79 Å². The van der Waals surface area contributed by atoms with E-state index in [4.69, 9.17) is 19.2 Å². The SMILES string of the molecule is COc1ccc(NC2=NC(c3ccc4c(c3)N(C)C(=O)CO4)=CN3CCN=C23)cc1OC. The zero-order chi connectivity index (χ0) is 22.2. The summed E-state index contributed by atoms with van der Waals surface area (Å²) in [5.74, 6) is 3.31. The van der Waals surface area contributed by atoms with E-state index in [-0.39, 0.29) is 12.5 Å². The van der Waals surface area contributed by atoms with E-state index < -0.39 is 0 Å². The minimum Gasteiger partial charge on any atom is -0.493 e. The van der Waals surface area contributed by atoms with E-state index in [2.05, 4.69) is 15.2 Å². The number of methoxy groups -OCH3 is 2. The first-order valence-corrected chi connectivity index (χ1v) is 10.2. The molecule has 5 rings (SSSR count). The fraction of sp³-hybridized carbons (Fsp3) is 0.261. The molecule has 0 fully saturated rings. The van der Waals surface area contributed by atoms with Crippen LogP contribution in [0.15, 0.2) is 52.6 Å². The van der Waals surface area contributed by atoms with Crippen molar-refractivity contribution in [1.82, 2.24) is 4.90 Å². The van der Waals surface area contributed by atoms with E-state index >= 15 is 0 Å². The largest absolute Gasteiger partial charge is 0.493 e. The van der Waals surface area contributed by atoms with Crippen LogP contribution in [0.4, 0.5) is 11.4 Å². The molecule has 0 saturated heterocycles. The molecule has 0 aliphatic carbocycles. The smallest absolute Gasteiger partial charge is 0.264 e. The molecule has 164 valence electrons. The fourth-order valence-corrected chi connectivity index (χ4v) is 3.85. The van der Waals surface area contributed by atoms with Gasteiger partial charge in [-0.3, -0.25) is 9.79 Å². The Hall–Kier alpha value is -4.01. The molecule has 9 nitrogen and oxygen atoms in total. The van der Waals surface area contributed by atoms with Crippen molar-refractivity contribution < 1.29 is 19.0 Å². The lowest BCUT2D eigenvalue weighted by Crippen LogP contribution is -2.37. The molecule has 9 heteroatoms. The number of nitrogens with one attached hydrogen (secondary N) is 1. The predicted octanol–water partition coefficient (Wildman–Crippen LogP) is 2.60. The highest BCUT2D eigenvalue weighted by molar-refractivity contribution is 6.46. The zero-order valence-corrected chi connectivity index (χ0v) is 18.1. The van der Waals surface area contributed by atoms with E-state index in [0.29, 0.717) is 29.6 Å². The number of fused-ring (bicyclic) bond motifs is 2. The van der Waals surface area contributed by atoms with Crippen LogP contribution in [0, 0.1) is 0 Å². The molecule has 1 amide bonds. The minimum absolute atomic E-state index is 0.0523. The van der Waals surface area contributed by atoms with Gasteiger partial charge >= 0.3 is 0 Å². The molecule has 32 heavy (non-hydrogen) atoms. The standard InChI is InChI=1S/C23H23N5O4/c1-27-17-10-14(4-6-18(17)32-13-21(27)29)16-12-28-9-8-24-23(28)22(26-16)25-15-5-7-19(30-2)20(11-15)31-3/h4-7,10-12H,8-9,13H2,1-3H3,(H,25,26). The summed E-state index contributed by atoms with van der Waals surface area (Å²) in [6, 6.07) is 11.3. The maximum atomic E-state index is 12.1. The first kappa shape index (κ1) is 19.9. The predicted molar refractivity (Wildman–Crippen MR) is 123 cm³/mol. The number of rotatable bonds is 4. The summed E-state index contributed by atoms with van der Waals surface area (Å²) < 4.78 is 16.3. The van der Waals surface area contributed by atoms with Gasteiger partial charge in [-0.1, -0.05) is 0 Å². The van der Waals surface area contributed by atoms with Crippen molar-refractivity contribution in [3.05, 3.63) is 48.2 Å². The Morgan fingerprint density at radius 1 is 1.09 bits per heavy atom. The third kappa shape index (κ3) is 3.41. The fourth-order valence-electron chi connectivity index (χ4n) is 3.85. The highest BCUT2D eigenvalue weighted by Crippen LogP contribution is 2.35. The number of hydrogen-bond donors (Lipinski definition) is 1. The number of nitrogens with zero attached hydrogens (tertiary/aromatic N) is 4. The van der Waals surface area contributed by atoms with E-state index in [1.54, 1.807) is 26.2 Å². The molecule has 3 aliphatic rings. The van der Waals surface area contributed by atoms with Crippen molar-refractivity contribution in [2.75, 3.05) is 51.2 Å². The van der Waals surface area contributed by atoms with Gasteiger partial charge < -0.3 is 29.3 Å². The number of amidine groups is 2. The van der Waals surface area contributed by atoms with Gasteiger partial charge in [-0.25, -0.2) is 4.99 Å². The van der Waals surface area contributed by atoms with E-state index in [1.165, 1.54) is 0 Å². The van der Waals surface area contributed by atoms with Gasteiger partial charge in [0.25, 0.3) is 5.91 Å². The molecule has 0 spiro atoms. The average molecular weight is 433 g/mol. The first-order chi connectivity index (χ1) is 15.6. The maximum absolute atomic E-state index is 12.1. The average Bonchev–Trinajstić information content (AvgIpc) is 3.30. The molecule has 0 bridgehead atoms. The van der Waals surface area contributed by atoms with Crippen LogP contribution < -0.4 is 24.4 Å².